The summed E-state index contributed by atoms with van der Waals surface area (Å²) in [5, 5.41) is 6.43. The first-order chi connectivity index (χ1) is 15.0. The molecule has 1 aliphatic heterocycles. The highest BCUT2D eigenvalue weighted by molar-refractivity contribution is 6.06. The second-order valence-electron chi connectivity index (χ2n) is 8.62. The van der Waals surface area contributed by atoms with E-state index in [4.69, 9.17) is 4.74 Å². The third-order valence-electron chi connectivity index (χ3n) is 6.11. The average Bonchev–Trinajstić information content (AvgIpc) is 3.42. The number of imide groups is 1. The number of allylic oxidation sites excluding steroid dienone is 2. The second kappa shape index (κ2) is 9.08. The summed E-state index contributed by atoms with van der Waals surface area (Å²) in [7, 11) is 0. The Morgan fingerprint density at radius 2 is 1.90 bits per heavy atom. The number of carbonyl (C=O) groups excluding carboxylic acids is 2. The van der Waals surface area contributed by atoms with E-state index < -0.39 is 0 Å². The highest BCUT2D eigenvalue weighted by Gasteiger charge is 2.58. The maximum Gasteiger partial charge on any atom is 0.233 e. The molecule has 8 nitrogen and oxygen atoms in total. The molecule has 1 saturated carbocycles. The number of guanidine groups is 1. The van der Waals surface area contributed by atoms with Crippen molar-refractivity contribution in [2.75, 3.05) is 19.6 Å². The van der Waals surface area contributed by atoms with Crippen molar-refractivity contribution in [3.8, 4) is 5.88 Å². The normalized spacial score (nSPS) is 26.7. The number of aliphatic imine (C=N–C) groups is 1. The van der Waals surface area contributed by atoms with Crippen LogP contribution < -0.4 is 15.4 Å². The second-order valence-corrected chi connectivity index (χ2v) is 8.62. The lowest BCUT2D eigenvalue weighted by Crippen LogP contribution is -2.43. The molecule has 3 aliphatic rings. The van der Waals surface area contributed by atoms with E-state index in [1.165, 1.54) is 4.90 Å². The van der Waals surface area contributed by atoms with E-state index in [9.17, 15) is 9.59 Å². The summed E-state index contributed by atoms with van der Waals surface area (Å²) < 4.78 is 5.56. The van der Waals surface area contributed by atoms with Crippen LogP contribution in [0.3, 0.4) is 0 Å². The minimum atomic E-state index is -0.139. The van der Waals surface area contributed by atoms with Gasteiger partial charge in [-0.15, -0.1) is 0 Å². The topological polar surface area (TPSA) is 95.9 Å². The number of hydrogen-bond donors (Lipinski definition) is 2. The van der Waals surface area contributed by atoms with Crippen molar-refractivity contribution in [2.45, 2.75) is 39.8 Å². The number of ether oxygens (including phenoxy) is 1. The van der Waals surface area contributed by atoms with Gasteiger partial charge in [0.25, 0.3) is 0 Å². The number of carbonyl (C=O) groups is 2. The first-order valence-corrected chi connectivity index (χ1v) is 11.1. The van der Waals surface area contributed by atoms with E-state index in [0.717, 1.165) is 12.0 Å². The quantitative estimate of drug-likeness (QED) is 0.285. The van der Waals surface area contributed by atoms with E-state index in [1.807, 2.05) is 32.9 Å². The monoisotopic (exact) mass is 425 g/mol. The van der Waals surface area contributed by atoms with Gasteiger partial charge in [0.15, 0.2) is 5.96 Å². The summed E-state index contributed by atoms with van der Waals surface area (Å²) in [5.74, 6) is 1.44. The predicted octanol–water partition coefficient (Wildman–Crippen LogP) is 1.73. The molecule has 1 saturated heterocycles. The minimum Gasteiger partial charge on any atom is -0.475 e. The molecule has 31 heavy (non-hydrogen) atoms. The molecule has 4 rings (SSSR count). The predicted molar refractivity (Wildman–Crippen MR) is 117 cm³/mol. The zero-order chi connectivity index (χ0) is 22.0. The summed E-state index contributed by atoms with van der Waals surface area (Å²) >= 11 is 0. The number of pyridine rings is 1. The molecule has 0 radical (unpaired) electrons. The van der Waals surface area contributed by atoms with E-state index in [2.05, 4.69) is 32.8 Å². The molecule has 1 aromatic rings. The van der Waals surface area contributed by atoms with Crippen LogP contribution in [0, 0.1) is 23.7 Å². The fourth-order valence-electron chi connectivity index (χ4n) is 4.80. The summed E-state index contributed by atoms with van der Waals surface area (Å²) in [4.78, 5) is 35.9. The van der Waals surface area contributed by atoms with Crippen molar-refractivity contribution >= 4 is 17.8 Å². The lowest BCUT2D eigenvalue weighted by atomic mass is 9.85. The molecule has 8 heteroatoms. The van der Waals surface area contributed by atoms with Gasteiger partial charge in [0.2, 0.25) is 17.7 Å². The standard InChI is InChI=1S/C23H31N5O3/c1-4-24-23(27-13-15-5-8-18(26-12-15)31-14(2)3)25-9-10-28-21(29)19-16-6-7-17(11-16)20(19)22(28)30/h5-8,12,14,16-17,19-20H,4,9-11,13H2,1-3H3,(H2,24,25,27). The molecule has 0 spiro atoms. The van der Waals surface area contributed by atoms with E-state index >= 15 is 0 Å². The van der Waals surface area contributed by atoms with Crippen molar-refractivity contribution in [1.29, 1.82) is 0 Å². The Balaban J connectivity index is 1.30. The van der Waals surface area contributed by atoms with Crippen LogP contribution in [-0.4, -0.2) is 53.4 Å². The van der Waals surface area contributed by atoms with Gasteiger partial charge in [-0.2, -0.15) is 0 Å². The fourth-order valence-corrected chi connectivity index (χ4v) is 4.80. The summed E-state index contributed by atoms with van der Waals surface area (Å²) in [5.41, 5.74) is 0.967. The number of likely N-dealkylation sites (tertiary alicyclic amines) is 1. The van der Waals surface area contributed by atoms with Crippen LogP contribution in [-0.2, 0) is 16.1 Å². The van der Waals surface area contributed by atoms with Crippen molar-refractivity contribution in [2.24, 2.45) is 28.7 Å². The molecule has 2 fully saturated rings. The number of fused-ring (bicyclic) bond motifs is 5. The third-order valence-corrected chi connectivity index (χ3v) is 6.11. The van der Waals surface area contributed by atoms with Crippen molar-refractivity contribution in [3.63, 3.8) is 0 Å². The van der Waals surface area contributed by atoms with Gasteiger partial charge in [-0.25, -0.2) is 9.98 Å². The number of hydrogen-bond acceptors (Lipinski definition) is 5. The lowest BCUT2D eigenvalue weighted by molar-refractivity contribution is -0.140. The summed E-state index contributed by atoms with van der Waals surface area (Å²) in [6.07, 6.45) is 7.03. The third kappa shape index (κ3) is 4.43. The first kappa shape index (κ1) is 21.3. The molecule has 166 valence electrons. The van der Waals surface area contributed by atoms with E-state index in [-0.39, 0.29) is 41.6 Å². The molecule has 2 bridgehead atoms. The minimum absolute atomic E-state index is 0.00892. The highest BCUT2D eigenvalue weighted by atomic mass is 16.5. The Morgan fingerprint density at radius 3 is 2.48 bits per heavy atom. The molecule has 2 aliphatic carbocycles. The Bertz CT molecular complexity index is 850. The number of amides is 2. The highest BCUT2D eigenvalue weighted by Crippen LogP contribution is 2.52. The van der Waals surface area contributed by atoms with Crippen LogP contribution in [0.4, 0.5) is 0 Å². The van der Waals surface area contributed by atoms with Gasteiger partial charge in [0.05, 0.1) is 24.5 Å². The Morgan fingerprint density at radius 1 is 1.19 bits per heavy atom. The zero-order valence-electron chi connectivity index (χ0n) is 18.4. The number of aromatic nitrogens is 1. The van der Waals surface area contributed by atoms with Gasteiger partial charge in [-0.1, -0.05) is 18.2 Å². The molecule has 4 unspecified atom stereocenters. The Hall–Kier alpha value is -2.90. The molecule has 4 atom stereocenters. The van der Waals surface area contributed by atoms with Gasteiger partial charge in [0.1, 0.15) is 0 Å². The number of nitrogens with one attached hydrogen (secondary N) is 2. The average molecular weight is 426 g/mol. The van der Waals surface area contributed by atoms with Gasteiger partial charge in [-0.05, 0) is 44.6 Å². The molecular formula is C23H31N5O3. The smallest absolute Gasteiger partial charge is 0.233 e. The van der Waals surface area contributed by atoms with Crippen LogP contribution in [0.15, 0.2) is 35.5 Å². The lowest BCUT2D eigenvalue weighted by Gasteiger charge is -2.18. The zero-order valence-corrected chi connectivity index (χ0v) is 18.4. The summed E-state index contributed by atoms with van der Waals surface area (Å²) in [6.45, 7) is 7.92. The van der Waals surface area contributed by atoms with E-state index in [0.29, 0.717) is 38.0 Å². The Kier molecular flexibility index (Phi) is 6.25. The number of nitrogens with zero attached hydrogens (tertiary/aromatic N) is 3. The van der Waals surface area contributed by atoms with Crippen LogP contribution in [0.2, 0.25) is 0 Å². The van der Waals surface area contributed by atoms with Gasteiger partial charge < -0.3 is 15.4 Å². The molecule has 2 N–H and O–H groups in total. The first-order valence-electron chi connectivity index (χ1n) is 11.1. The van der Waals surface area contributed by atoms with Crippen LogP contribution in [0.25, 0.3) is 0 Å². The maximum atomic E-state index is 12.8. The van der Waals surface area contributed by atoms with Crippen molar-refractivity contribution in [1.82, 2.24) is 20.5 Å². The molecule has 0 aromatic carbocycles. The fraction of sp³-hybridized carbons (Fsp3) is 0.565. The molecule has 2 heterocycles. The number of rotatable bonds is 8. The maximum absolute atomic E-state index is 12.8. The van der Waals surface area contributed by atoms with Gasteiger partial charge in [0, 0.05) is 31.9 Å². The van der Waals surface area contributed by atoms with Crippen LogP contribution in [0.5, 0.6) is 5.88 Å². The van der Waals surface area contributed by atoms with Crippen molar-refractivity contribution < 1.29 is 14.3 Å². The van der Waals surface area contributed by atoms with Crippen LogP contribution in [0.1, 0.15) is 32.8 Å². The largest absolute Gasteiger partial charge is 0.475 e. The van der Waals surface area contributed by atoms with E-state index in [1.54, 1.807) is 6.20 Å². The van der Waals surface area contributed by atoms with Crippen molar-refractivity contribution in [3.05, 3.63) is 36.0 Å². The summed E-state index contributed by atoms with van der Waals surface area (Å²) in [6, 6.07) is 3.79. The van der Waals surface area contributed by atoms with Gasteiger partial charge in [-0.3, -0.25) is 14.5 Å². The Labute approximate surface area is 183 Å². The molecule has 1 aromatic heterocycles. The molecule has 2 amide bonds. The SMILES string of the molecule is CCNC(=NCc1ccc(OC(C)C)nc1)NCCN1C(=O)C2C3C=CC(C3)C2C1=O. The van der Waals surface area contributed by atoms with Gasteiger partial charge >= 0.3 is 0 Å². The molecular weight excluding hydrogens is 394 g/mol. The van der Waals surface area contributed by atoms with Crippen LogP contribution >= 0.6 is 0 Å².